The second kappa shape index (κ2) is 6.65. The lowest BCUT2D eigenvalue weighted by Gasteiger charge is -2.34. The van der Waals surface area contributed by atoms with Crippen LogP contribution >= 0.6 is 0 Å². The van der Waals surface area contributed by atoms with E-state index < -0.39 is 0 Å². The van der Waals surface area contributed by atoms with Crippen molar-refractivity contribution < 1.29 is 4.79 Å². The molecule has 3 heterocycles. The number of rotatable bonds is 2. The van der Waals surface area contributed by atoms with Crippen LogP contribution in [0.5, 0.6) is 0 Å². The summed E-state index contributed by atoms with van der Waals surface area (Å²) in [5.74, 6) is 0.333. The first kappa shape index (κ1) is 18.8. The third-order valence-corrected chi connectivity index (χ3v) is 5.05. The highest BCUT2D eigenvalue weighted by molar-refractivity contribution is 6.06. The molecule has 2 aromatic heterocycles. The van der Waals surface area contributed by atoms with Crippen molar-refractivity contribution in [3.63, 3.8) is 0 Å². The standard InChI is InChI=1S/C20H31N5O/c1-12(2)16-10-15(19(26)24-9-8-21-11-13(24)3)17-14(4)23-25(18(17)22-16)20(5,6)7/h10,12-13,21H,8-9,11H2,1-7H3/t13-/m0/s1. The first-order chi connectivity index (χ1) is 12.1. The van der Waals surface area contributed by atoms with Crippen molar-refractivity contribution >= 4 is 16.9 Å². The molecule has 0 spiro atoms. The van der Waals surface area contributed by atoms with Crippen LogP contribution in [0, 0.1) is 6.92 Å². The van der Waals surface area contributed by atoms with Gasteiger partial charge >= 0.3 is 0 Å². The molecule has 3 rings (SSSR count). The first-order valence-corrected chi connectivity index (χ1v) is 9.53. The van der Waals surface area contributed by atoms with Gasteiger partial charge in [-0.2, -0.15) is 5.10 Å². The predicted molar refractivity (Wildman–Crippen MR) is 105 cm³/mol. The highest BCUT2D eigenvalue weighted by Gasteiger charge is 2.29. The molecule has 1 aliphatic rings. The van der Waals surface area contributed by atoms with Crippen molar-refractivity contribution in [1.82, 2.24) is 25.0 Å². The lowest BCUT2D eigenvalue weighted by Crippen LogP contribution is -2.52. The maximum absolute atomic E-state index is 13.4. The third-order valence-electron chi connectivity index (χ3n) is 5.05. The average molecular weight is 358 g/mol. The zero-order valence-corrected chi connectivity index (χ0v) is 17.1. The number of carbonyl (C=O) groups is 1. The van der Waals surface area contributed by atoms with E-state index in [1.807, 2.05) is 22.6 Å². The number of pyridine rings is 1. The summed E-state index contributed by atoms with van der Waals surface area (Å²) in [5, 5.41) is 8.98. The van der Waals surface area contributed by atoms with Crippen LogP contribution in [-0.2, 0) is 5.54 Å². The summed E-state index contributed by atoms with van der Waals surface area (Å²) in [6.07, 6.45) is 0. The highest BCUT2D eigenvalue weighted by atomic mass is 16.2. The van der Waals surface area contributed by atoms with E-state index in [2.05, 4.69) is 46.9 Å². The molecular formula is C20H31N5O. The Balaban J connectivity index is 2.23. The maximum Gasteiger partial charge on any atom is 0.255 e. The number of fused-ring (bicyclic) bond motifs is 1. The van der Waals surface area contributed by atoms with E-state index in [0.717, 1.165) is 47.6 Å². The fourth-order valence-electron chi connectivity index (χ4n) is 3.54. The summed E-state index contributed by atoms with van der Waals surface area (Å²) in [5.41, 5.74) is 3.16. The summed E-state index contributed by atoms with van der Waals surface area (Å²) < 4.78 is 1.96. The molecule has 0 aromatic carbocycles. The van der Waals surface area contributed by atoms with Crippen molar-refractivity contribution in [1.29, 1.82) is 0 Å². The molecule has 1 amide bonds. The molecule has 1 N–H and O–H groups in total. The van der Waals surface area contributed by atoms with Gasteiger partial charge in [-0.25, -0.2) is 9.67 Å². The molecule has 6 heteroatoms. The van der Waals surface area contributed by atoms with E-state index >= 15 is 0 Å². The minimum Gasteiger partial charge on any atom is -0.333 e. The third kappa shape index (κ3) is 3.22. The van der Waals surface area contributed by atoms with Gasteiger partial charge in [-0.05, 0) is 46.6 Å². The summed E-state index contributed by atoms with van der Waals surface area (Å²) in [6, 6.07) is 2.16. The molecule has 0 saturated carbocycles. The van der Waals surface area contributed by atoms with Gasteiger partial charge in [0.1, 0.15) is 0 Å². The minimum absolute atomic E-state index is 0.0878. The van der Waals surface area contributed by atoms with E-state index in [9.17, 15) is 4.79 Å². The topological polar surface area (TPSA) is 63.1 Å². The van der Waals surface area contributed by atoms with Crippen LogP contribution in [-0.4, -0.2) is 51.2 Å². The number of hydrogen-bond donors (Lipinski definition) is 1. The Labute approximate surface area is 156 Å². The van der Waals surface area contributed by atoms with Crippen LogP contribution in [0.1, 0.15) is 69.2 Å². The Kier molecular flexibility index (Phi) is 4.82. The van der Waals surface area contributed by atoms with Gasteiger partial charge in [-0.3, -0.25) is 4.79 Å². The van der Waals surface area contributed by atoms with Crippen LogP contribution in [0.3, 0.4) is 0 Å². The Hall–Kier alpha value is -1.95. The van der Waals surface area contributed by atoms with Gasteiger partial charge < -0.3 is 10.2 Å². The predicted octanol–water partition coefficient (Wildman–Crippen LogP) is 3.05. The van der Waals surface area contributed by atoms with Crippen molar-refractivity contribution in [2.24, 2.45) is 0 Å². The van der Waals surface area contributed by atoms with Crippen LogP contribution in [0.2, 0.25) is 0 Å². The first-order valence-electron chi connectivity index (χ1n) is 9.53. The monoisotopic (exact) mass is 357 g/mol. The highest BCUT2D eigenvalue weighted by Crippen LogP contribution is 2.30. The number of nitrogens with one attached hydrogen (secondary N) is 1. The Morgan fingerprint density at radius 1 is 1.35 bits per heavy atom. The number of nitrogens with zero attached hydrogens (tertiary/aromatic N) is 4. The molecule has 0 aliphatic carbocycles. The Morgan fingerprint density at radius 2 is 2.04 bits per heavy atom. The van der Waals surface area contributed by atoms with Gasteiger partial charge in [0.25, 0.3) is 5.91 Å². The summed E-state index contributed by atoms with van der Waals surface area (Å²) in [7, 11) is 0. The van der Waals surface area contributed by atoms with Gasteiger partial charge in [0.05, 0.1) is 22.2 Å². The van der Waals surface area contributed by atoms with E-state index in [1.54, 1.807) is 0 Å². The largest absolute Gasteiger partial charge is 0.333 e. The summed E-state index contributed by atoms with van der Waals surface area (Å²) in [4.78, 5) is 20.3. The van der Waals surface area contributed by atoms with Crippen LogP contribution < -0.4 is 5.32 Å². The Morgan fingerprint density at radius 3 is 2.62 bits per heavy atom. The molecule has 1 saturated heterocycles. The summed E-state index contributed by atoms with van der Waals surface area (Å²) in [6.45, 7) is 17.0. The second-order valence-corrected chi connectivity index (χ2v) is 8.67. The molecule has 1 atom stereocenters. The van der Waals surface area contributed by atoms with Crippen molar-refractivity contribution in [2.75, 3.05) is 19.6 Å². The zero-order chi connectivity index (χ0) is 19.2. The van der Waals surface area contributed by atoms with Gasteiger partial charge in [0.15, 0.2) is 5.65 Å². The molecule has 6 nitrogen and oxygen atoms in total. The summed E-state index contributed by atoms with van der Waals surface area (Å²) >= 11 is 0. The second-order valence-electron chi connectivity index (χ2n) is 8.67. The van der Waals surface area contributed by atoms with Crippen molar-refractivity contribution in [3.8, 4) is 0 Å². The quantitative estimate of drug-likeness (QED) is 0.897. The van der Waals surface area contributed by atoms with Crippen LogP contribution in [0.4, 0.5) is 0 Å². The molecule has 2 aromatic rings. The number of hydrogen-bond acceptors (Lipinski definition) is 4. The molecule has 1 fully saturated rings. The van der Waals surface area contributed by atoms with Crippen molar-refractivity contribution in [3.05, 3.63) is 23.0 Å². The molecule has 0 unspecified atom stereocenters. The van der Waals surface area contributed by atoms with Gasteiger partial charge in [-0.15, -0.1) is 0 Å². The molecule has 26 heavy (non-hydrogen) atoms. The van der Waals surface area contributed by atoms with Crippen LogP contribution in [0.15, 0.2) is 6.07 Å². The normalized spacial score (nSPS) is 18.8. The number of piperazine rings is 1. The number of aryl methyl sites for hydroxylation is 1. The number of amides is 1. The lowest BCUT2D eigenvalue weighted by molar-refractivity contribution is 0.0657. The maximum atomic E-state index is 13.4. The van der Waals surface area contributed by atoms with Gasteiger partial charge in [0, 0.05) is 31.4 Å². The van der Waals surface area contributed by atoms with E-state index in [0.29, 0.717) is 0 Å². The fraction of sp³-hybridized carbons (Fsp3) is 0.650. The Bertz CT molecular complexity index is 831. The molecular weight excluding hydrogens is 326 g/mol. The number of carbonyl (C=O) groups excluding carboxylic acids is 1. The fourth-order valence-corrected chi connectivity index (χ4v) is 3.54. The van der Waals surface area contributed by atoms with E-state index in [4.69, 9.17) is 10.1 Å². The molecule has 0 bridgehead atoms. The lowest BCUT2D eigenvalue weighted by atomic mass is 10.0. The SMILES string of the molecule is Cc1nn(C(C)(C)C)c2nc(C(C)C)cc(C(=O)N3CCNC[C@@H]3C)c12. The van der Waals surface area contributed by atoms with E-state index in [1.165, 1.54) is 0 Å². The van der Waals surface area contributed by atoms with Crippen LogP contribution in [0.25, 0.3) is 11.0 Å². The van der Waals surface area contributed by atoms with E-state index in [-0.39, 0.29) is 23.4 Å². The average Bonchev–Trinajstić information content (AvgIpc) is 2.91. The molecule has 1 aliphatic heterocycles. The smallest absolute Gasteiger partial charge is 0.255 e. The molecule has 142 valence electrons. The van der Waals surface area contributed by atoms with Gasteiger partial charge in [0.2, 0.25) is 0 Å². The molecule has 0 radical (unpaired) electrons. The van der Waals surface area contributed by atoms with Crippen molar-refractivity contribution in [2.45, 2.75) is 66.0 Å². The van der Waals surface area contributed by atoms with Gasteiger partial charge in [-0.1, -0.05) is 13.8 Å². The minimum atomic E-state index is -0.197. The number of aromatic nitrogens is 3. The zero-order valence-electron chi connectivity index (χ0n) is 17.1.